The third-order valence-corrected chi connectivity index (χ3v) is 4.66. The second kappa shape index (κ2) is 11.2. The van der Waals surface area contributed by atoms with Crippen LogP contribution in [-0.2, 0) is 20.6 Å². The minimum Gasteiger partial charge on any atom is -0.467 e. The summed E-state index contributed by atoms with van der Waals surface area (Å²) >= 11 is 3.71. The molecule has 0 N–H and O–H groups in total. The molecule has 0 spiro atoms. The van der Waals surface area contributed by atoms with E-state index in [-0.39, 0.29) is 13.6 Å². The van der Waals surface area contributed by atoms with E-state index in [0.717, 1.165) is 34.0 Å². The number of methoxy groups -OCH3 is 3. The van der Waals surface area contributed by atoms with E-state index in [1.807, 2.05) is 24.3 Å². The summed E-state index contributed by atoms with van der Waals surface area (Å²) in [5, 5.41) is 0. The van der Waals surface area contributed by atoms with E-state index < -0.39 is 0 Å². The van der Waals surface area contributed by atoms with Crippen molar-refractivity contribution in [2.75, 3.05) is 41.5 Å². The van der Waals surface area contributed by atoms with Crippen molar-refractivity contribution in [1.82, 2.24) is 0 Å². The third kappa shape index (κ3) is 5.45. The van der Waals surface area contributed by atoms with E-state index >= 15 is 0 Å². The molecule has 26 heavy (non-hydrogen) atoms. The molecule has 0 aliphatic heterocycles. The van der Waals surface area contributed by atoms with E-state index in [4.69, 9.17) is 23.7 Å². The van der Waals surface area contributed by atoms with Crippen molar-refractivity contribution in [2.45, 2.75) is 12.8 Å². The Labute approximate surface area is 163 Å². The largest absolute Gasteiger partial charge is 0.467 e. The molecule has 142 valence electrons. The molecule has 0 fully saturated rings. The summed E-state index contributed by atoms with van der Waals surface area (Å²) in [6.45, 7) is 0.991. The van der Waals surface area contributed by atoms with Crippen molar-refractivity contribution >= 4 is 15.9 Å². The summed E-state index contributed by atoms with van der Waals surface area (Å²) in [5.41, 5.74) is 3.20. The van der Waals surface area contributed by atoms with Crippen LogP contribution < -0.4 is 9.47 Å². The summed E-state index contributed by atoms with van der Waals surface area (Å²) in [6.07, 6.45) is 1.69. The maximum atomic E-state index is 5.87. The van der Waals surface area contributed by atoms with Crippen LogP contribution in [0.25, 0.3) is 11.1 Å². The second-order valence-electron chi connectivity index (χ2n) is 5.60. The lowest BCUT2D eigenvalue weighted by Crippen LogP contribution is -2.07. The van der Waals surface area contributed by atoms with Crippen LogP contribution in [0.5, 0.6) is 11.5 Å². The van der Waals surface area contributed by atoms with Gasteiger partial charge in [0.1, 0.15) is 11.5 Å². The van der Waals surface area contributed by atoms with Crippen molar-refractivity contribution in [3.05, 3.63) is 46.4 Å². The van der Waals surface area contributed by atoms with Crippen LogP contribution in [0, 0.1) is 0 Å². The molecule has 0 aliphatic carbocycles. The minimum atomic E-state index is 0.155. The molecular formula is C20H25BrO5. The first-order chi connectivity index (χ1) is 12.7. The zero-order chi connectivity index (χ0) is 18.8. The van der Waals surface area contributed by atoms with Crippen molar-refractivity contribution in [3.63, 3.8) is 0 Å². The van der Waals surface area contributed by atoms with E-state index in [1.165, 1.54) is 0 Å². The summed E-state index contributed by atoms with van der Waals surface area (Å²) < 4.78 is 27.9. The molecule has 0 heterocycles. The number of benzene rings is 2. The predicted molar refractivity (Wildman–Crippen MR) is 105 cm³/mol. The van der Waals surface area contributed by atoms with Gasteiger partial charge in [-0.25, -0.2) is 0 Å². The van der Waals surface area contributed by atoms with Crippen LogP contribution in [-0.4, -0.2) is 41.5 Å². The Morgan fingerprint density at radius 2 is 1.50 bits per heavy atom. The van der Waals surface area contributed by atoms with Gasteiger partial charge in [0.2, 0.25) is 0 Å². The fourth-order valence-corrected chi connectivity index (χ4v) is 3.30. The van der Waals surface area contributed by atoms with Crippen LogP contribution in [0.15, 0.2) is 40.9 Å². The molecule has 0 amide bonds. The Kier molecular flexibility index (Phi) is 8.91. The van der Waals surface area contributed by atoms with Gasteiger partial charge in [-0.05, 0) is 39.9 Å². The highest BCUT2D eigenvalue weighted by molar-refractivity contribution is 9.10. The molecular weight excluding hydrogens is 400 g/mol. The van der Waals surface area contributed by atoms with E-state index in [2.05, 4.69) is 28.1 Å². The molecule has 0 saturated heterocycles. The zero-order valence-electron chi connectivity index (χ0n) is 15.4. The zero-order valence-corrected chi connectivity index (χ0v) is 17.0. The van der Waals surface area contributed by atoms with Gasteiger partial charge in [-0.1, -0.05) is 30.3 Å². The summed E-state index contributed by atoms with van der Waals surface area (Å²) in [4.78, 5) is 0. The Balaban J connectivity index is 2.56. The number of halogens is 1. The minimum absolute atomic E-state index is 0.155. The molecule has 0 aliphatic rings. The lowest BCUT2D eigenvalue weighted by molar-refractivity contribution is 0.0458. The van der Waals surface area contributed by atoms with Crippen LogP contribution in [0.2, 0.25) is 0 Å². The van der Waals surface area contributed by atoms with Gasteiger partial charge in [-0.15, -0.1) is 0 Å². The Morgan fingerprint density at radius 3 is 2.12 bits per heavy atom. The molecule has 2 aromatic carbocycles. The normalized spacial score (nSPS) is 10.8. The predicted octanol–water partition coefficient (Wildman–Crippen LogP) is 4.66. The highest BCUT2D eigenvalue weighted by Gasteiger charge is 2.20. The lowest BCUT2D eigenvalue weighted by atomic mass is 9.95. The smallest absolute Gasteiger partial charge is 0.188 e. The van der Waals surface area contributed by atoms with Gasteiger partial charge >= 0.3 is 0 Å². The second-order valence-corrected chi connectivity index (χ2v) is 6.40. The number of hydrogen-bond acceptors (Lipinski definition) is 5. The van der Waals surface area contributed by atoms with Gasteiger partial charge in [0.15, 0.2) is 13.6 Å². The lowest BCUT2D eigenvalue weighted by Gasteiger charge is -2.20. The molecule has 5 nitrogen and oxygen atoms in total. The molecule has 0 radical (unpaired) electrons. The van der Waals surface area contributed by atoms with E-state index in [0.29, 0.717) is 18.1 Å². The maximum absolute atomic E-state index is 5.87. The number of hydrogen-bond donors (Lipinski definition) is 0. The SMILES string of the molecule is COCCCc1c(Br)c(OCOC)cc(OCOC)c1-c1ccccc1. The Morgan fingerprint density at radius 1 is 0.846 bits per heavy atom. The average molecular weight is 425 g/mol. The van der Waals surface area contributed by atoms with Gasteiger partial charge in [0.25, 0.3) is 0 Å². The van der Waals surface area contributed by atoms with Crippen molar-refractivity contribution in [3.8, 4) is 22.6 Å². The molecule has 0 aromatic heterocycles. The number of ether oxygens (including phenoxy) is 5. The van der Waals surface area contributed by atoms with E-state index in [1.54, 1.807) is 21.3 Å². The first-order valence-corrected chi connectivity index (χ1v) is 9.15. The van der Waals surface area contributed by atoms with Crippen LogP contribution >= 0.6 is 15.9 Å². The topological polar surface area (TPSA) is 46.2 Å². The fourth-order valence-electron chi connectivity index (χ4n) is 2.67. The molecule has 0 unspecified atom stereocenters. The van der Waals surface area contributed by atoms with Crippen LogP contribution in [0.3, 0.4) is 0 Å². The van der Waals surface area contributed by atoms with Crippen molar-refractivity contribution < 1.29 is 23.7 Å². The molecule has 0 atom stereocenters. The first kappa shape index (κ1) is 20.7. The quantitative estimate of drug-likeness (QED) is 0.387. The van der Waals surface area contributed by atoms with Crippen LogP contribution in [0.1, 0.15) is 12.0 Å². The Hall–Kier alpha value is -1.60. The molecule has 0 saturated carbocycles. The van der Waals surface area contributed by atoms with Crippen molar-refractivity contribution in [2.24, 2.45) is 0 Å². The summed E-state index contributed by atoms with van der Waals surface area (Å²) in [5.74, 6) is 1.38. The molecule has 2 rings (SSSR count). The van der Waals surface area contributed by atoms with Gasteiger partial charge in [-0.3, -0.25) is 0 Å². The summed E-state index contributed by atoms with van der Waals surface area (Å²) in [7, 11) is 4.90. The Bertz CT molecular complexity index is 676. The monoisotopic (exact) mass is 424 g/mol. The standard InChI is InChI=1S/C20H25BrO5/c1-22-11-7-10-16-19(15-8-5-4-6-9-15)17(25-13-23-2)12-18(20(16)21)26-14-24-3/h4-6,8-9,12H,7,10-11,13-14H2,1-3H3. The fraction of sp³-hybridized carbons (Fsp3) is 0.400. The van der Waals surface area contributed by atoms with Crippen LogP contribution in [0.4, 0.5) is 0 Å². The average Bonchev–Trinajstić information content (AvgIpc) is 2.67. The maximum Gasteiger partial charge on any atom is 0.188 e. The third-order valence-electron chi connectivity index (χ3n) is 3.79. The number of rotatable bonds is 11. The van der Waals surface area contributed by atoms with Gasteiger partial charge in [0, 0.05) is 39.6 Å². The summed E-state index contributed by atoms with van der Waals surface area (Å²) in [6, 6.07) is 12.0. The highest BCUT2D eigenvalue weighted by atomic mass is 79.9. The van der Waals surface area contributed by atoms with E-state index in [9.17, 15) is 0 Å². The first-order valence-electron chi connectivity index (χ1n) is 8.36. The van der Waals surface area contributed by atoms with Gasteiger partial charge in [0.05, 0.1) is 4.47 Å². The molecule has 6 heteroatoms. The van der Waals surface area contributed by atoms with Gasteiger partial charge < -0.3 is 23.7 Å². The van der Waals surface area contributed by atoms with Gasteiger partial charge in [-0.2, -0.15) is 0 Å². The van der Waals surface area contributed by atoms with Crippen molar-refractivity contribution in [1.29, 1.82) is 0 Å². The highest BCUT2D eigenvalue weighted by Crippen LogP contribution is 2.44. The molecule has 2 aromatic rings. The molecule has 0 bridgehead atoms.